The SMILES string of the molecule is N#Cc1cc(Cl)cc(-c2ccccc2-c2cc3c4c(cccc4c2)-c2ccccc2-3)c1. The lowest BCUT2D eigenvalue weighted by Crippen LogP contribution is -1.88. The van der Waals surface area contributed by atoms with Gasteiger partial charge in [-0.1, -0.05) is 78.3 Å². The van der Waals surface area contributed by atoms with Crippen LogP contribution in [-0.2, 0) is 0 Å². The van der Waals surface area contributed by atoms with E-state index in [1.54, 1.807) is 6.07 Å². The molecule has 0 fully saturated rings. The van der Waals surface area contributed by atoms with E-state index in [9.17, 15) is 5.26 Å². The average Bonchev–Trinajstić information content (AvgIpc) is 3.14. The number of hydrogen-bond acceptors (Lipinski definition) is 1. The van der Waals surface area contributed by atoms with Crippen LogP contribution in [0.15, 0.2) is 97.1 Å². The molecule has 0 atom stereocenters. The number of benzene rings is 5. The third-order valence-corrected chi connectivity index (χ3v) is 6.28. The van der Waals surface area contributed by atoms with E-state index in [-0.39, 0.29) is 0 Å². The molecule has 0 amide bonds. The highest BCUT2D eigenvalue weighted by molar-refractivity contribution is 6.31. The molecule has 5 aromatic carbocycles. The Balaban J connectivity index is 1.63. The summed E-state index contributed by atoms with van der Waals surface area (Å²) in [5.74, 6) is 0. The summed E-state index contributed by atoms with van der Waals surface area (Å²) in [5, 5.41) is 12.5. The second kappa shape index (κ2) is 6.84. The molecule has 1 aliphatic carbocycles. The van der Waals surface area contributed by atoms with Crippen LogP contribution in [-0.4, -0.2) is 0 Å². The first kappa shape index (κ1) is 18.0. The maximum atomic E-state index is 9.40. The molecule has 1 aliphatic rings. The van der Waals surface area contributed by atoms with E-state index in [0.717, 1.165) is 22.3 Å². The van der Waals surface area contributed by atoms with Gasteiger partial charge in [0.25, 0.3) is 0 Å². The summed E-state index contributed by atoms with van der Waals surface area (Å²) in [6, 6.07) is 35.8. The van der Waals surface area contributed by atoms with E-state index in [1.165, 1.54) is 33.0 Å². The molecule has 0 bridgehead atoms. The molecule has 0 aliphatic heterocycles. The molecule has 0 saturated carbocycles. The van der Waals surface area contributed by atoms with Crippen LogP contribution in [0.25, 0.3) is 55.3 Å². The van der Waals surface area contributed by atoms with E-state index in [2.05, 4.69) is 78.9 Å². The first-order valence-electron chi connectivity index (χ1n) is 10.2. The Labute approximate surface area is 185 Å². The van der Waals surface area contributed by atoms with Crippen molar-refractivity contribution in [1.29, 1.82) is 5.26 Å². The Bertz CT molecular complexity index is 1560. The van der Waals surface area contributed by atoms with Gasteiger partial charge in [-0.3, -0.25) is 0 Å². The zero-order chi connectivity index (χ0) is 20.9. The number of rotatable bonds is 2. The first-order valence-corrected chi connectivity index (χ1v) is 10.6. The molecule has 0 saturated heterocycles. The summed E-state index contributed by atoms with van der Waals surface area (Å²) >= 11 is 6.31. The van der Waals surface area contributed by atoms with Crippen LogP contribution in [0.4, 0.5) is 0 Å². The first-order chi connectivity index (χ1) is 15.2. The van der Waals surface area contributed by atoms with Crippen LogP contribution < -0.4 is 0 Å². The van der Waals surface area contributed by atoms with Crippen LogP contribution in [0.5, 0.6) is 0 Å². The minimum absolute atomic E-state index is 0.563. The maximum Gasteiger partial charge on any atom is 0.0992 e. The molecular formula is C29H16ClN. The third-order valence-electron chi connectivity index (χ3n) is 6.06. The summed E-state index contributed by atoms with van der Waals surface area (Å²) in [6.07, 6.45) is 0. The fraction of sp³-hybridized carbons (Fsp3) is 0. The predicted molar refractivity (Wildman–Crippen MR) is 129 cm³/mol. The second-order valence-electron chi connectivity index (χ2n) is 7.86. The summed E-state index contributed by atoms with van der Waals surface area (Å²) < 4.78 is 0. The highest BCUT2D eigenvalue weighted by Gasteiger charge is 2.22. The lowest BCUT2D eigenvalue weighted by Gasteiger charge is -2.13. The highest BCUT2D eigenvalue weighted by atomic mass is 35.5. The molecular weight excluding hydrogens is 398 g/mol. The second-order valence-corrected chi connectivity index (χ2v) is 8.30. The summed E-state index contributed by atoms with van der Waals surface area (Å²) in [6.45, 7) is 0. The van der Waals surface area contributed by atoms with Gasteiger partial charge >= 0.3 is 0 Å². The topological polar surface area (TPSA) is 23.8 Å². The van der Waals surface area contributed by atoms with Gasteiger partial charge in [0.15, 0.2) is 0 Å². The Morgan fingerprint density at radius 2 is 1.16 bits per heavy atom. The lowest BCUT2D eigenvalue weighted by molar-refractivity contribution is 1.48. The molecule has 31 heavy (non-hydrogen) atoms. The monoisotopic (exact) mass is 413 g/mol. The molecule has 0 N–H and O–H groups in total. The zero-order valence-electron chi connectivity index (χ0n) is 16.6. The fourth-order valence-corrected chi connectivity index (χ4v) is 5.00. The number of nitrogens with zero attached hydrogens (tertiary/aromatic N) is 1. The number of nitriles is 1. The molecule has 0 heterocycles. The molecule has 0 unspecified atom stereocenters. The van der Waals surface area contributed by atoms with E-state index < -0.39 is 0 Å². The van der Waals surface area contributed by atoms with E-state index in [4.69, 9.17) is 11.6 Å². The molecule has 5 aromatic rings. The zero-order valence-corrected chi connectivity index (χ0v) is 17.3. The van der Waals surface area contributed by atoms with Crippen LogP contribution in [0.3, 0.4) is 0 Å². The van der Waals surface area contributed by atoms with Crippen molar-refractivity contribution in [3.8, 4) is 50.6 Å². The summed E-state index contributed by atoms with van der Waals surface area (Å²) in [5.41, 5.74) is 10.0. The molecule has 0 radical (unpaired) electrons. The van der Waals surface area contributed by atoms with Crippen molar-refractivity contribution in [3.63, 3.8) is 0 Å². The van der Waals surface area contributed by atoms with Gasteiger partial charge in [0.05, 0.1) is 11.6 Å². The van der Waals surface area contributed by atoms with Crippen LogP contribution in [0, 0.1) is 11.3 Å². The fourth-order valence-electron chi connectivity index (χ4n) is 4.77. The van der Waals surface area contributed by atoms with Crippen molar-refractivity contribution < 1.29 is 0 Å². The Morgan fingerprint density at radius 3 is 1.87 bits per heavy atom. The Hall–Kier alpha value is -3.86. The van der Waals surface area contributed by atoms with Gasteiger partial charge in [-0.2, -0.15) is 5.26 Å². The normalized spacial score (nSPS) is 11.4. The Morgan fingerprint density at radius 1 is 0.548 bits per heavy atom. The predicted octanol–water partition coefficient (Wildman–Crippen LogP) is 8.35. The lowest BCUT2D eigenvalue weighted by atomic mass is 9.90. The molecule has 144 valence electrons. The largest absolute Gasteiger partial charge is 0.192 e. The van der Waals surface area contributed by atoms with Crippen molar-refractivity contribution in [2.45, 2.75) is 0 Å². The van der Waals surface area contributed by atoms with Gasteiger partial charge in [-0.15, -0.1) is 0 Å². The molecule has 2 heteroatoms. The van der Waals surface area contributed by atoms with E-state index in [1.807, 2.05) is 18.2 Å². The number of hydrogen-bond donors (Lipinski definition) is 0. The molecule has 0 aromatic heterocycles. The van der Waals surface area contributed by atoms with Gasteiger partial charge in [0.1, 0.15) is 0 Å². The number of fused-ring (bicyclic) bond motifs is 3. The van der Waals surface area contributed by atoms with Crippen LogP contribution in [0.2, 0.25) is 5.02 Å². The third kappa shape index (κ3) is 2.77. The highest BCUT2D eigenvalue weighted by Crippen LogP contribution is 2.49. The van der Waals surface area contributed by atoms with E-state index in [0.29, 0.717) is 10.6 Å². The number of halogens is 1. The smallest absolute Gasteiger partial charge is 0.0992 e. The van der Waals surface area contributed by atoms with Crippen molar-refractivity contribution >= 4 is 22.4 Å². The summed E-state index contributed by atoms with van der Waals surface area (Å²) in [7, 11) is 0. The van der Waals surface area contributed by atoms with Gasteiger partial charge in [-0.05, 0) is 85.6 Å². The summed E-state index contributed by atoms with van der Waals surface area (Å²) in [4.78, 5) is 0. The van der Waals surface area contributed by atoms with Crippen molar-refractivity contribution in [3.05, 3.63) is 108 Å². The van der Waals surface area contributed by atoms with Gasteiger partial charge in [-0.25, -0.2) is 0 Å². The quantitative estimate of drug-likeness (QED) is 0.280. The van der Waals surface area contributed by atoms with Gasteiger partial charge in [0.2, 0.25) is 0 Å². The Kier molecular flexibility index (Phi) is 3.96. The molecule has 6 rings (SSSR count). The van der Waals surface area contributed by atoms with Crippen molar-refractivity contribution in [2.24, 2.45) is 0 Å². The van der Waals surface area contributed by atoms with Crippen LogP contribution in [0.1, 0.15) is 5.56 Å². The standard InChI is InChI=1S/C29H16ClN/c30-22-13-18(17-31)12-20(15-22)23-7-1-2-8-24(23)21-14-19-6-5-11-27-25-9-3-4-10-26(25)28(16-21)29(19)27/h1-16H. The maximum absolute atomic E-state index is 9.40. The van der Waals surface area contributed by atoms with E-state index >= 15 is 0 Å². The molecule has 1 nitrogen and oxygen atoms in total. The van der Waals surface area contributed by atoms with Gasteiger partial charge in [0, 0.05) is 5.02 Å². The van der Waals surface area contributed by atoms with Crippen molar-refractivity contribution in [2.75, 3.05) is 0 Å². The minimum Gasteiger partial charge on any atom is -0.192 e. The average molecular weight is 414 g/mol. The molecule has 0 spiro atoms. The van der Waals surface area contributed by atoms with Crippen molar-refractivity contribution in [1.82, 2.24) is 0 Å². The minimum atomic E-state index is 0.563. The van der Waals surface area contributed by atoms with Crippen LogP contribution >= 0.6 is 11.6 Å². The van der Waals surface area contributed by atoms with Gasteiger partial charge < -0.3 is 0 Å².